The summed E-state index contributed by atoms with van der Waals surface area (Å²) in [4.78, 5) is 27.4. The zero-order valence-corrected chi connectivity index (χ0v) is 23.1. The van der Waals surface area contributed by atoms with Crippen molar-refractivity contribution in [2.75, 3.05) is 29.7 Å². The molecular formula is C27H38Cl2N2O4. The molecule has 0 fully saturated rings. The zero-order chi connectivity index (χ0) is 26.2. The van der Waals surface area contributed by atoms with Crippen LogP contribution in [0.25, 0.3) is 10.8 Å². The Kier molecular flexibility index (Phi) is 10.5. The van der Waals surface area contributed by atoms with E-state index in [4.69, 9.17) is 32.7 Å². The number of alkyl halides is 2. The molecular weight excluding hydrogens is 487 g/mol. The predicted molar refractivity (Wildman–Crippen MR) is 145 cm³/mol. The number of fused-ring (bicyclic) bond motifs is 1. The second-order valence-corrected chi connectivity index (χ2v) is 11.2. The minimum Gasteiger partial charge on any atom is -0.460 e. The van der Waals surface area contributed by atoms with Crippen LogP contribution in [0.15, 0.2) is 36.4 Å². The lowest BCUT2D eigenvalue weighted by atomic mass is 9.96. The van der Waals surface area contributed by atoms with Crippen molar-refractivity contribution < 1.29 is 19.1 Å². The second kappa shape index (κ2) is 12.7. The van der Waals surface area contributed by atoms with E-state index < -0.39 is 23.3 Å². The molecule has 2 aromatic carbocycles. The number of ether oxygens (including phenoxy) is 2. The van der Waals surface area contributed by atoms with E-state index in [-0.39, 0.29) is 12.4 Å². The summed E-state index contributed by atoms with van der Waals surface area (Å²) in [5.74, 6) is 0.602. The van der Waals surface area contributed by atoms with Gasteiger partial charge in [0.25, 0.3) is 0 Å². The maximum Gasteiger partial charge on any atom is 0.407 e. The molecule has 1 N–H and O–H groups in total. The number of anilines is 1. The summed E-state index contributed by atoms with van der Waals surface area (Å²) in [6, 6.07) is 11.7. The quantitative estimate of drug-likeness (QED) is 0.292. The number of amides is 1. The highest BCUT2D eigenvalue weighted by molar-refractivity contribution is 6.18. The van der Waals surface area contributed by atoms with E-state index in [2.05, 4.69) is 22.3 Å². The molecule has 1 amide bonds. The van der Waals surface area contributed by atoms with Gasteiger partial charge in [0, 0.05) is 42.0 Å². The number of halogens is 2. The van der Waals surface area contributed by atoms with E-state index in [1.807, 2.05) is 45.0 Å². The van der Waals surface area contributed by atoms with Crippen molar-refractivity contribution in [2.45, 2.75) is 71.6 Å². The molecule has 0 aliphatic carbocycles. The molecule has 2 rings (SSSR count). The van der Waals surface area contributed by atoms with Gasteiger partial charge in [0.1, 0.15) is 11.2 Å². The number of nitrogens with one attached hydrogen (secondary N) is 1. The molecule has 0 aromatic heterocycles. The standard InChI is InChI=1S/C27H38Cl2N2O4/c1-26(2,3)34-24(32)18-20(30-25(33)35-27(4,5)6)17-19-9-7-11-22-21(19)10-8-12-23(22)31(15-13-28)16-14-29/h7-12,20H,13-18H2,1-6H3,(H,30,33). The lowest BCUT2D eigenvalue weighted by molar-refractivity contribution is -0.155. The van der Waals surface area contributed by atoms with Gasteiger partial charge in [-0.25, -0.2) is 4.79 Å². The number of benzene rings is 2. The molecule has 1 unspecified atom stereocenters. The number of esters is 1. The van der Waals surface area contributed by atoms with Gasteiger partial charge >= 0.3 is 12.1 Å². The van der Waals surface area contributed by atoms with Crippen LogP contribution in [0.5, 0.6) is 0 Å². The van der Waals surface area contributed by atoms with Gasteiger partial charge in [-0.15, -0.1) is 23.2 Å². The van der Waals surface area contributed by atoms with Crippen LogP contribution in [0.4, 0.5) is 10.5 Å². The Bertz CT molecular complexity index is 963. The molecule has 1 atom stereocenters. The molecule has 2 aromatic rings. The first-order valence-electron chi connectivity index (χ1n) is 11.9. The number of nitrogens with zero attached hydrogens (tertiary/aromatic N) is 1. The van der Waals surface area contributed by atoms with Crippen molar-refractivity contribution in [1.29, 1.82) is 0 Å². The molecule has 0 spiro atoms. The van der Waals surface area contributed by atoms with Crippen molar-refractivity contribution in [3.8, 4) is 0 Å². The maximum atomic E-state index is 12.6. The first kappa shape index (κ1) is 29.1. The lowest BCUT2D eigenvalue weighted by Gasteiger charge is -2.26. The van der Waals surface area contributed by atoms with Crippen molar-refractivity contribution in [1.82, 2.24) is 5.32 Å². The predicted octanol–water partition coefficient (Wildman–Crippen LogP) is 6.29. The van der Waals surface area contributed by atoms with Gasteiger partial charge in [-0.3, -0.25) is 4.79 Å². The summed E-state index contributed by atoms with van der Waals surface area (Å²) in [7, 11) is 0. The van der Waals surface area contributed by atoms with Crippen LogP contribution < -0.4 is 10.2 Å². The topological polar surface area (TPSA) is 67.9 Å². The summed E-state index contributed by atoms with van der Waals surface area (Å²) in [6.45, 7) is 12.2. The van der Waals surface area contributed by atoms with Crippen molar-refractivity contribution in [3.05, 3.63) is 42.0 Å². The third kappa shape index (κ3) is 9.77. The van der Waals surface area contributed by atoms with Crippen LogP contribution in [0.3, 0.4) is 0 Å². The number of rotatable bonds is 10. The molecule has 35 heavy (non-hydrogen) atoms. The summed E-state index contributed by atoms with van der Waals surface area (Å²) in [5, 5.41) is 4.98. The summed E-state index contributed by atoms with van der Waals surface area (Å²) >= 11 is 12.1. The molecule has 0 heterocycles. The Morgan fingerprint density at radius 1 is 0.886 bits per heavy atom. The van der Waals surface area contributed by atoms with E-state index >= 15 is 0 Å². The van der Waals surface area contributed by atoms with E-state index in [0.717, 1.165) is 22.0 Å². The fourth-order valence-corrected chi connectivity index (χ4v) is 4.28. The fourth-order valence-electron chi connectivity index (χ4n) is 3.87. The van der Waals surface area contributed by atoms with E-state index in [0.29, 0.717) is 31.3 Å². The Labute approximate surface area is 219 Å². The van der Waals surface area contributed by atoms with E-state index in [9.17, 15) is 9.59 Å². The normalized spacial score (nSPS) is 12.8. The minimum absolute atomic E-state index is 0.0250. The minimum atomic E-state index is -0.650. The average molecular weight is 526 g/mol. The summed E-state index contributed by atoms with van der Waals surface area (Å²) in [5.41, 5.74) is 0.791. The van der Waals surface area contributed by atoms with Gasteiger partial charge in [0.2, 0.25) is 0 Å². The summed E-state index contributed by atoms with van der Waals surface area (Å²) in [6.07, 6.45) is -0.107. The second-order valence-electron chi connectivity index (χ2n) is 10.5. The first-order valence-corrected chi connectivity index (χ1v) is 13.0. The van der Waals surface area contributed by atoms with Crippen LogP contribution >= 0.6 is 23.2 Å². The molecule has 0 bridgehead atoms. The first-order chi connectivity index (χ1) is 16.3. The highest BCUT2D eigenvalue weighted by Gasteiger charge is 2.25. The zero-order valence-electron chi connectivity index (χ0n) is 21.6. The van der Waals surface area contributed by atoms with Gasteiger partial charge in [0.05, 0.1) is 6.42 Å². The Morgan fingerprint density at radius 3 is 2.03 bits per heavy atom. The number of hydrogen-bond acceptors (Lipinski definition) is 5. The monoisotopic (exact) mass is 524 g/mol. The highest BCUT2D eigenvalue weighted by Crippen LogP contribution is 2.30. The molecule has 194 valence electrons. The van der Waals surface area contributed by atoms with Gasteiger partial charge < -0.3 is 19.7 Å². The smallest absolute Gasteiger partial charge is 0.407 e. The lowest BCUT2D eigenvalue weighted by Crippen LogP contribution is -2.42. The van der Waals surface area contributed by atoms with Crippen molar-refractivity contribution in [3.63, 3.8) is 0 Å². The van der Waals surface area contributed by atoms with E-state index in [1.54, 1.807) is 20.8 Å². The van der Waals surface area contributed by atoms with Crippen molar-refractivity contribution in [2.24, 2.45) is 0 Å². The molecule has 0 saturated heterocycles. The van der Waals surface area contributed by atoms with Gasteiger partial charge in [0.15, 0.2) is 0 Å². The largest absolute Gasteiger partial charge is 0.460 e. The summed E-state index contributed by atoms with van der Waals surface area (Å²) < 4.78 is 11.0. The van der Waals surface area contributed by atoms with E-state index in [1.165, 1.54) is 0 Å². The third-order valence-corrected chi connectivity index (χ3v) is 5.40. The number of hydrogen-bond donors (Lipinski definition) is 1. The van der Waals surface area contributed by atoms with Crippen molar-refractivity contribution >= 4 is 51.7 Å². The molecule has 0 aliphatic heterocycles. The molecule has 8 heteroatoms. The van der Waals surface area contributed by atoms with Crippen LogP contribution in [0, 0.1) is 0 Å². The maximum absolute atomic E-state index is 12.6. The fraction of sp³-hybridized carbons (Fsp3) is 0.556. The average Bonchev–Trinajstić information content (AvgIpc) is 2.70. The number of carbonyl (C=O) groups excluding carboxylic acids is 2. The molecule has 0 saturated carbocycles. The van der Waals surface area contributed by atoms with Gasteiger partial charge in [-0.2, -0.15) is 0 Å². The Morgan fingerprint density at radius 2 is 1.46 bits per heavy atom. The molecule has 6 nitrogen and oxygen atoms in total. The van der Waals surface area contributed by atoms with Gasteiger partial charge in [-0.05, 0) is 65.0 Å². The molecule has 0 aliphatic rings. The Balaban J connectivity index is 2.39. The van der Waals surface area contributed by atoms with Crippen LogP contribution in [-0.4, -0.2) is 54.2 Å². The SMILES string of the molecule is CC(C)(C)OC(=O)CC(Cc1cccc2c(N(CCCl)CCCl)cccc12)NC(=O)OC(C)(C)C. The molecule has 0 radical (unpaired) electrons. The number of alkyl carbamates (subject to hydrolysis) is 1. The highest BCUT2D eigenvalue weighted by atomic mass is 35.5. The van der Waals surface area contributed by atoms with Crippen LogP contribution in [0.1, 0.15) is 53.5 Å². The van der Waals surface area contributed by atoms with Crippen LogP contribution in [0.2, 0.25) is 0 Å². The van der Waals surface area contributed by atoms with Crippen LogP contribution in [-0.2, 0) is 20.7 Å². The third-order valence-electron chi connectivity index (χ3n) is 5.06. The Hall–Kier alpha value is -2.18. The van der Waals surface area contributed by atoms with Gasteiger partial charge in [-0.1, -0.05) is 30.3 Å². The number of carbonyl (C=O) groups is 2.